The quantitative estimate of drug-likeness (QED) is 0.227. The summed E-state index contributed by atoms with van der Waals surface area (Å²) in [5, 5.41) is 0.967. The zero-order valence-corrected chi connectivity index (χ0v) is 39.7. The van der Waals surface area contributed by atoms with Gasteiger partial charge in [0, 0.05) is 49.0 Å². The first kappa shape index (κ1) is 44.7. The number of aromatic nitrogens is 1. The summed E-state index contributed by atoms with van der Waals surface area (Å²) < 4.78 is 1.99. The van der Waals surface area contributed by atoms with Gasteiger partial charge in [-0.2, -0.15) is 0 Å². The summed E-state index contributed by atoms with van der Waals surface area (Å²) in [6.07, 6.45) is 0. The van der Waals surface area contributed by atoms with Crippen LogP contribution in [0, 0.1) is 0 Å². The highest BCUT2D eigenvalue weighted by Crippen LogP contribution is 2.50. The van der Waals surface area contributed by atoms with Gasteiger partial charge in [0.1, 0.15) is 62.8 Å². The molecule has 2 aliphatic heterocycles. The summed E-state index contributed by atoms with van der Waals surface area (Å²) in [6.45, 7) is -0.201. The number of para-hydroxylation sites is 1. The Morgan fingerprint density at radius 2 is 0.806 bits per heavy atom. The van der Waals surface area contributed by atoms with Gasteiger partial charge in [-0.15, -0.1) is 21.9 Å². The van der Waals surface area contributed by atoms with Gasteiger partial charge in [-0.1, -0.05) is 203 Å². The molecule has 3 heterocycles. The van der Waals surface area contributed by atoms with Gasteiger partial charge in [-0.3, -0.25) is 0 Å². The molecular formula is C60H31B9N2S. The fourth-order valence-electron chi connectivity index (χ4n) is 11.2. The molecule has 0 spiro atoms. The number of hydrogen-bond donors (Lipinski definition) is 0. The van der Waals surface area contributed by atoms with E-state index in [4.69, 9.17) is 62.8 Å². The van der Waals surface area contributed by atoms with Crippen LogP contribution in [0.4, 0.5) is 17.1 Å². The van der Waals surface area contributed by atoms with E-state index in [1.54, 1.807) is 11.8 Å². The van der Waals surface area contributed by atoms with E-state index in [0.29, 0.717) is 21.8 Å². The number of nitrogens with zero attached hydrogens (tertiary/aromatic N) is 2. The molecule has 0 fully saturated rings. The Morgan fingerprint density at radius 3 is 1.32 bits per heavy atom. The Labute approximate surface area is 435 Å². The van der Waals surface area contributed by atoms with E-state index in [2.05, 4.69) is 193 Å². The van der Waals surface area contributed by atoms with Gasteiger partial charge in [0.15, 0.2) is 0 Å². The third-order valence-corrected chi connectivity index (χ3v) is 15.8. The van der Waals surface area contributed by atoms with Crippen molar-refractivity contribution in [1.82, 2.24) is 4.57 Å². The summed E-state index contributed by atoms with van der Waals surface area (Å²) >= 11 is 1.73. The van der Waals surface area contributed by atoms with Crippen LogP contribution in [-0.2, 0) is 0 Å². The highest BCUT2D eigenvalue weighted by Gasteiger charge is 2.43. The Kier molecular flexibility index (Phi) is 10.7. The van der Waals surface area contributed by atoms with Crippen LogP contribution in [0.3, 0.4) is 0 Å². The summed E-state index contributed by atoms with van der Waals surface area (Å²) in [5.41, 5.74) is 18.4. The van der Waals surface area contributed by atoms with Gasteiger partial charge >= 0.3 is 0 Å². The average Bonchev–Trinajstić information content (AvgIpc) is 3.80. The summed E-state index contributed by atoms with van der Waals surface area (Å²) in [7, 11) is 54.8. The Balaban J connectivity index is 1.21. The monoisotopic (exact) mass is 910 g/mol. The van der Waals surface area contributed by atoms with Crippen LogP contribution in [-0.4, -0.2) is 74.1 Å². The molecule has 16 radical (unpaired) electrons. The Hall–Kier alpha value is -7.27. The van der Waals surface area contributed by atoms with E-state index < -0.39 is 0 Å². The molecule has 0 unspecified atom stereocenters. The molecule has 13 rings (SSSR count). The maximum atomic E-state index is 7.10. The van der Waals surface area contributed by atoms with Crippen molar-refractivity contribution in [3.63, 3.8) is 0 Å². The molecule has 72 heavy (non-hydrogen) atoms. The summed E-state index contributed by atoms with van der Waals surface area (Å²) in [5.74, 6) is 0. The predicted molar refractivity (Wildman–Crippen MR) is 316 cm³/mol. The first-order valence-corrected chi connectivity index (χ1v) is 24.5. The van der Waals surface area contributed by atoms with Crippen molar-refractivity contribution in [2.45, 2.75) is 9.79 Å². The van der Waals surface area contributed by atoms with Gasteiger partial charge in [-0.05, 0) is 79.3 Å². The zero-order chi connectivity index (χ0) is 49.1. The second-order valence-corrected chi connectivity index (χ2v) is 19.6. The van der Waals surface area contributed by atoms with E-state index in [9.17, 15) is 0 Å². The lowest BCUT2D eigenvalue weighted by molar-refractivity contribution is 1.16. The second kappa shape index (κ2) is 17.2. The van der Waals surface area contributed by atoms with Gasteiger partial charge in [0.25, 0.3) is 0 Å². The van der Waals surface area contributed by atoms with Crippen molar-refractivity contribution in [1.29, 1.82) is 0 Å². The minimum Gasteiger partial charge on any atom is -0.310 e. The van der Waals surface area contributed by atoms with E-state index >= 15 is 0 Å². The zero-order valence-electron chi connectivity index (χ0n) is 38.9. The normalized spacial score (nSPS) is 12.5. The SMILES string of the molecule is [B]c1c([B])c([B])c2c(c1[B])c1c([B])c([B])c([B])c([B])c1n2-c1cc2c3c(c1)N(c1c(-c4ccccc4)cccc1-c1ccccc1)c1ccc(-c4ccccc4)cc1B3c1cc(-c3ccccc3)ccc1S2. The van der Waals surface area contributed by atoms with Crippen molar-refractivity contribution in [3.05, 3.63) is 188 Å². The Bertz CT molecular complexity index is 3920. The van der Waals surface area contributed by atoms with Gasteiger partial charge < -0.3 is 9.47 Å². The molecule has 0 N–H and O–H groups in total. The standard InChI is InChI=1S/C60H31B9N2S/c61-49-47-48-50(62)52(64)54(66)56(68)60(48)70(59(47)55(67)53(65)51(49)63)38-30-44-57-46(31-38)72-45-27-25-37(33-16-7-2-8-17-33)29-42(45)69(57)41-28-36(32-14-5-1-6-15-32)24-26-43(41)71(44)58-39(34-18-9-3-10-19-34)22-13-23-40(58)35-20-11-4-12-21-35/h1-31H. The lowest BCUT2D eigenvalue weighted by atomic mass is 9.34. The predicted octanol–water partition coefficient (Wildman–Crippen LogP) is 4.57. The molecule has 0 amide bonds. The van der Waals surface area contributed by atoms with Crippen LogP contribution in [0.1, 0.15) is 0 Å². The van der Waals surface area contributed by atoms with Crippen LogP contribution in [0.5, 0.6) is 0 Å². The smallest absolute Gasteiger partial charge is 0.249 e. The first-order valence-electron chi connectivity index (χ1n) is 23.7. The first-order chi connectivity index (χ1) is 35.1. The van der Waals surface area contributed by atoms with Crippen LogP contribution >= 0.6 is 11.8 Å². The highest BCUT2D eigenvalue weighted by molar-refractivity contribution is 8.00. The number of anilines is 3. The third-order valence-electron chi connectivity index (χ3n) is 14.6. The van der Waals surface area contributed by atoms with Crippen LogP contribution in [0.2, 0.25) is 0 Å². The molecular weight excluding hydrogens is 878 g/mol. The molecule has 0 saturated carbocycles. The van der Waals surface area contributed by atoms with Crippen molar-refractivity contribution >= 4 is 180 Å². The fourth-order valence-corrected chi connectivity index (χ4v) is 12.4. The van der Waals surface area contributed by atoms with E-state index in [1.165, 1.54) is 10.9 Å². The van der Waals surface area contributed by atoms with E-state index in [0.717, 1.165) is 82.5 Å². The molecule has 0 bridgehead atoms. The molecule has 2 aliphatic rings. The van der Waals surface area contributed by atoms with Crippen LogP contribution in [0.25, 0.3) is 72.0 Å². The van der Waals surface area contributed by atoms with Crippen molar-refractivity contribution in [2.24, 2.45) is 0 Å². The summed E-state index contributed by atoms with van der Waals surface area (Å²) in [4.78, 5) is 4.63. The van der Waals surface area contributed by atoms with Crippen LogP contribution in [0.15, 0.2) is 198 Å². The molecule has 0 saturated heterocycles. The lowest BCUT2D eigenvalue weighted by Crippen LogP contribution is -2.60. The minimum absolute atomic E-state index is 0.140. The lowest BCUT2D eigenvalue weighted by Gasteiger charge is -2.42. The molecule has 12 heteroatoms. The van der Waals surface area contributed by atoms with E-state index in [1.807, 2.05) is 4.57 Å². The third kappa shape index (κ3) is 6.71. The Morgan fingerprint density at radius 1 is 0.347 bits per heavy atom. The van der Waals surface area contributed by atoms with Gasteiger partial charge in [0.05, 0.1) is 5.69 Å². The second-order valence-electron chi connectivity index (χ2n) is 18.5. The van der Waals surface area contributed by atoms with Gasteiger partial charge in [0.2, 0.25) is 6.71 Å². The number of benzene rings is 10. The largest absolute Gasteiger partial charge is 0.310 e. The highest BCUT2D eigenvalue weighted by atomic mass is 32.2. The van der Waals surface area contributed by atoms with Crippen molar-refractivity contribution in [3.8, 4) is 50.2 Å². The number of rotatable bonds is 6. The topological polar surface area (TPSA) is 8.17 Å². The molecule has 11 aromatic rings. The minimum atomic E-state index is -0.201. The van der Waals surface area contributed by atoms with Crippen molar-refractivity contribution in [2.75, 3.05) is 4.90 Å². The maximum absolute atomic E-state index is 7.10. The molecule has 0 aliphatic carbocycles. The number of fused-ring (bicyclic) bond motifs is 7. The molecule has 0 atom stereocenters. The van der Waals surface area contributed by atoms with Crippen LogP contribution < -0.4 is 65.0 Å². The summed E-state index contributed by atoms with van der Waals surface area (Å²) in [6, 6.07) is 67.1. The maximum Gasteiger partial charge on any atom is 0.249 e. The molecule has 314 valence electrons. The number of hydrogen-bond acceptors (Lipinski definition) is 2. The molecule has 2 nitrogen and oxygen atoms in total. The molecule has 1 aromatic heterocycles. The van der Waals surface area contributed by atoms with Crippen molar-refractivity contribution < 1.29 is 0 Å². The average molecular weight is 909 g/mol. The fraction of sp³-hybridized carbons (Fsp3) is 0. The van der Waals surface area contributed by atoms with Gasteiger partial charge in [-0.25, -0.2) is 0 Å². The molecule has 10 aromatic carbocycles. The van der Waals surface area contributed by atoms with E-state index in [-0.39, 0.29) is 50.4 Å².